The van der Waals surface area contributed by atoms with Crippen molar-refractivity contribution in [3.05, 3.63) is 71.8 Å². The van der Waals surface area contributed by atoms with Gasteiger partial charge < -0.3 is 14.6 Å². The summed E-state index contributed by atoms with van der Waals surface area (Å²) in [4.78, 5) is 13.0. The van der Waals surface area contributed by atoms with Gasteiger partial charge in [-0.1, -0.05) is 60.7 Å². The Balaban J connectivity index is 2.14. The van der Waals surface area contributed by atoms with Crippen LogP contribution in [0.15, 0.2) is 60.7 Å². The fraction of sp³-hybridized carbons (Fsp3) is 0.409. The first kappa shape index (κ1) is 20.1. The van der Waals surface area contributed by atoms with Crippen molar-refractivity contribution in [2.75, 3.05) is 0 Å². The van der Waals surface area contributed by atoms with E-state index in [0.717, 1.165) is 11.1 Å². The van der Waals surface area contributed by atoms with E-state index in [2.05, 4.69) is 0 Å². The molecule has 2 aromatic carbocycles. The van der Waals surface area contributed by atoms with E-state index in [1.165, 1.54) is 0 Å². The molecular weight excluding hydrogens is 328 g/mol. The summed E-state index contributed by atoms with van der Waals surface area (Å²) >= 11 is 0. The number of aliphatic hydroxyl groups excluding tert-OH is 1. The van der Waals surface area contributed by atoms with Crippen LogP contribution >= 0.6 is 0 Å². The Morgan fingerprint density at radius 2 is 1.23 bits per heavy atom. The van der Waals surface area contributed by atoms with Crippen LogP contribution in [0.4, 0.5) is 0 Å². The molecule has 0 saturated carbocycles. The summed E-state index contributed by atoms with van der Waals surface area (Å²) in [7, 11) is 0. The van der Waals surface area contributed by atoms with Crippen molar-refractivity contribution < 1.29 is 19.4 Å². The lowest BCUT2D eigenvalue weighted by Crippen LogP contribution is -2.36. The lowest BCUT2D eigenvalue weighted by atomic mass is 9.91. The zero-order valence-corrected chi connectivity index (χ0v) is 15.8. The number of esters is 1. The van der Waals surface area contributed by atoms with Gasteiger partial charge in [-0.2, -0.15) is 0 Å². The lowest BCUT2D eigenvalue weighted by molar-refractivity contribution is -0.161. The highest BCUT2D eigenvalue weighted by molar-refractivity contribution is 5.82. The molecule has 4 nitrogen and oxygen atoms in total. The van der Waals surface area contributed by atoms with Crippen molar-refractivity contribution in [2.24, 2.45) is 0 Å². The molecule has 0 fully saturated rings. The second kappa shape index (κ2) is 9.51. The van der Waals surface area contributed by atoms with E-state index in [-0.39, 0.29) is 18.2 Å². The molecule has 4 atom stereocenters. The Morgan fingerprint density at radius 1 is 0.769 bits per heavy atom. The van der Waals surface area contributed by atoms with E-state index >= 15 is 0 Å². The van der Waals surface area contributed by atoms with Crippen molar-refractivity contribution in [1.29, 1.82) is 0 Å². The van der Waals surface area contributed by atoms with Crippen molar-refractivity contribution in [2.45, 2.75) is 58.0 Å². The zero-order chi connectivity index (χ0) is 19.1. The van der Waals surface area contributed by atoms with E-state index in [1.807, 2.05) is 74.5 Å². The fourth-order valence-electron chi connectivity index (χ4n) is 2.67. The molecule has 1 N–H and O–H groups in total. The smallest absolute Gasteiger partial charge is 0.318 e. The van der Waals surface area contributed by atoms with E-state index in [0.29, 0.717) is 0 Å². The molecule has 0 radical (unpaired) electrons. The zero-order valence-electron chi connectivity index (χ0n) is 15.8. The van der Waals surface area contributed by atoms with Crippen LogP contribution in [0.25, 0.3) is 0 Å². The number of aliphatic hydroxyl groups is 1. The van der Waals surface area contributed by atoms with Gasteiger partial charge >= 0.3 is 5.97 Å². The highest BCUT2D eigenvalue weighted by atomic mass is 16.6. The molecule has 0 spiro atoms. The maximum absolute atomic E-state index is 13.0. The molecule has 4 unspecified atom stereocenters. The lowest BCUT2D eigenvalue weighted by Gasteiger charge is -2.27. The third kappa shape index (κ3) is 5.41. The Labute approximate surface area is 155 Å². The van der Waals surface area contributed by atoms with E-state index < -0.39 is 18.1 Å². The van der Waals surface area contributed by atoms with Crippen molar-refractivity contribution >= 4 is 5.97 Å². The fourth-order valence-corrected chi connectivity index (χ4v) is 2.67. The molecule has 0 aromatic heterocycles. The summed E-state index contributed by atoms with van der Waals surface area (Å²) in [5, 5.41) is 9.59. The predicted molar refractivity (Wildman–Crippen MR) is 102 cm³/mol. The Morgan fingerprint density at radius 3 is 1.65 bits per heavy atom. The molecule has 0 heterocycles. The van der Waals surface area contributed by atoms with Gasteiger partial charge in [-0.15, -0.1) is 0 Å². The predicted octanol–water partition coefficient (Wildman–Crippen LogP) is 3.92. The number of carbonyl (C=O) groups is 1. The average Bonchev–Trinajstić information content (AvgIpc) is 2.63. The average molecular weight is 356 g/mol. The summed E-state index contributed by atoms with van der Waals surface area (Å²) in [6.07, 6.45) is -1.67. The van der Waals surface area contributed by atoms with Crippen LogP contribution in [0, 0.1) is 0 Å². The number of benzene rings is 2. The molecule has 2 aromatic rings. The van der Waals surface area contributed by atoms with Gasteiger partial charge in [0.1, 0.15) is 12.0 Å². The van der Waals surface area contributed by atoms with Crippen LogP contribution in [-0.2, 0) is 14.3 Å². The SMILES string of the molecule is CC(O)C(C)OC(C)C(C)OC(=O)C(c1ccccc1)c1ccccc1. The molecule has 140 valence electrons. The van der Waals surface area contributed by atoms with Crippen LogP contribution in [0.3, 0.4) is 0 Å². The molecule has 0 bridgehead atoms. The second-order valence-electron chi connectivity index (χ2n) is 6.68. The molecule has 0 saturated heterocycles. The third-order valence-corrected chi connectivity index (χ3v) is 4.57. The number of carbonyl (C=O) groups excluding carboxylic acids is 1. The topological polar surface area (TPSA) is 55.8 Å². The number of ether oxygens (including phenoxy) is 2. The summed E-state index contributed by atoms with van der Waals surface area (Å²) in [5.74, 6) is -0.795. The van der Waals surface area contributed by atoms with Crippen LogP contribution < -0.4 is 0 Å². The quantitative estimate of drug-likeness (QED) is 0.728. The van der Waals surface area contributed by atoms with E-state index in [9.17, 15) is 9.90 Å². The van der Waals surface area contributed by atoms with Crippen LogP contribution in [0.2, 0.25) is 0 Å². The summed E-state index contributed by atoms with van der Waals surface area (Å²) in [5.41, 5.74) is 1.78. The Hall–Kier alpha value is -2.17. The maximum atomic E-state index is 13.0. The maximum Gasteiger partial charge on any atom is 0.318 e. The standard InChI is InChI=1S/C22H28O4/c1-15(23)16(2)25-17(3)18(4)26-22(24)21(19-11-7-5-8-12-19)20-13-9-6-10-14-20/h5-18,21,23H,1-4H3. The number of hydrogen-bond acceptors (Lipinski definition) is 4. The van der Waals surface area contributed by atoms with Gasteiger partial charge in [-0.25, -0.2) is 0 Å². The van der Waals surface area contributed by atoms with Crippen molar-refractivity contribution in [1.82, 2.24) is 0 Å². The summed E-state index contributed by atoms with van der Waals surface area (Å²) in [6, 6.07) is 19.2. The highest BCUT2D eigenvalue weighted by Crippen LogP contribution is 2.27. The normalized spacial score (nSPS) is 15.9. The van der Waals surface area contributed by atoms with Gasteiger partial charge in [0.2, 0.25) is 0 Å². The van der Waals surface area contributed by atoms with Crippen LogP contribution in [-0.4, -0.2) is 35.5 Å². The van der Waals surface area contributed by atoms with Crippen molar-refractivity contribution in [3.63, 3.8) is 0 Å². The Bertz CT molecular complexity index is 630. The minimum absolute atomic E-state index is 0.310. The number of hydrogen-bond donors (Lipinski definition) is 1. The third-order valence-electron chi connectivity index (χ3n) is 4.57. The van der Waals surface area contributed by atoms with Crippen LogP contribution in [0.5, 0.6) is 0 Å². The van der Waals surface area contributed by atoms with E-state index in [1.54, 1.807) is 13.8 Å². The molecule has 26 heavy (non-hydrogen) atoms. The minimum atomic E-state index is -0.582. The second-order valence-corrected chi connectivity index (χ2v) is 6.68. The molecule has 0 aliphatic carbocycles. The molecular formula is C22H28O4. The van der Waals surface area contributed by atoms with Crippen LogP contribution in [0.1, 0.15) is 44.7 Å². The van der Waals surface area contributed by atoms with Gasteiger partial charge in [-0.05, 0) is 38.8 Å². The molecule has 0 aliphatic heterocycles. The van der Waals surface area contributed by atoms with Gasteiger partial charge in [0.25, 0.3) is 0 Å². The van der Waals surface area contributed by atoms with Crippen molar-refractivity contribution in [3.8, 4) is 0 Å². The molecule has 0 aliphatic rings. The highest BCUT2D eigenvalue weighted by Gasteiger charge is 2.28. The minimum Gasteiger partial charge on any atom is -0.459 e. The molecule has 0 amide bonds. The summed E-state index contributed by atoms with van der Waals surface area (Å²) in [6.45, 7) is 7.13. The summed E-state index contributed by atoms with van der Waals surface area (Å²) < 4.78 is 11.5. The monoisotopic (exact) mass is 356 g/mol. The van der Waals surface area contributed by atoms with E-state index in [4.69, 9.17) is 9.47 Å². The van der Waals surface area contributed by atoms with Gasteiger partial charge in [0, 0.05) is 0 Å². The first-order valence-corrected chi connectivity index (χ1v) is 9.04. The first-order valence-electron chi connectivity index (χ1n) is 9.04. The first-order chi connectivity index (χ1) is 12.4. The number of rotatable bonds is 8. The Kier molecular flexibility index (Phi) is 7.37. The molecule has 4 heteroatoms. The molecule has 2 rings (SSSR count). The van der Waals surface area contributed by atoms with Gasteiger partial charge in [-0.3, -0.25) is 4.79 Å². The van der Waals surface area contributed by atoms with Gasteiger partial charge in [0.05, 0.1) is 18.3 Å². The largest absolute Gasteiger partial charge is 0.459 e. The van der Waals surface area contributed by atoms with Gasteiger partial charge in [0.15, 0.2) is 0 Å².